The van der Waals surface area contributed by atoms with Crippen molar-refractivity contribution in [1.82, 2.24) is 0 Å². The van der Waals surface area contributed by atoms with E-state index in [-0.39, 0.29) is 17.5 Å². The molecule has 0 saturated heterocycles. The van der Waals surface area contributed by atoms with E-state index in [2.05, 4.69) is 0 Å². The van der Waals surface area contributed by atoms with Gasteiger partial charge < -0.3 is 10.5 Å². The standard InChI is InChI=1S/C14H12ClF2NO/c1-8(18)9-2-4-13(11(15)6-9)19-14-5-3-10(16)7-12(14)17/h2-8H,18H2,1H3/t8-/m0/s1. The van der Waals surface area contributed by atoms with Gasteiger partial charge in [0.05, 0.1) is 5.02 Å². The topological polar surface area (TPSA) is 35.2 Å². The number of rotatable bonds is 3. The molecule has 0 aliphatic heterocycles. The lowest BCUT2D eigenvalue weighted by Gasteiger charge is -2.11. The number of hydrogen-bond acceptors (Lipinski definition) is 2. The van der Waals surface area contributed by atoms with E-state index < -0.39 is 11.6 Å². The van der Waals surface area contributed by atoms with Crippen LogP contribution in [0.25, 0.3) is 0 Å². The number of nitrogens with two attached hydrogens (primary N) is 1. The van der Waals surface area contributed by atoms with Crippen LogP contribution in [0.5, 0.6) is 11.5 Å². The van der Waals surface area contributed by atoms with E-state index in [1.165, 1.54) is 6.07 Å². The summed E-state index contributed by atoms with van der Waals surface area (Å²) in [6.07, 6.45) is 0. The monoisotopic (exact) mass is 283 g/mol. The maximum absolute atomic E-state index is 13.4. The van der Waals surface area contributed by atoms with Gasteiger partial charge in [-0.05, 0) is 36.8 Å². The lowest BCUT2D eigenvalue weighted by Crippen LogP contribution is -2.04. The van der Waals surface area contributed by atoms with Gasteiger partial charge in [0.2, 0.25) is 0 Å². The second kappa shape index (κ2) is 5.55. The Labute approximate surface area is 114 Å². The van der Waals surface area contributed by atoms with Crippen molar-refractivity contribution in [3.05, 3.63) is 58.6 Å². The van der Waals surface area contributed by atoms with Gasteiger partial charge in [-0.1, -0.05) is 17.7 Å². The second-order valence-electron chi connectivity index (χ2n) is 4.16. The molecule has 2 aromatic carbocycles. The van der Waals surface area contributed by atoms with E-state index in [1.54, 1.807) is 18.2 Å². The molecular formula is C14H12ClF2NO. The summed E-state index contributed by atoms with van der Waals surface area (Å²) in [5.41, 5.74) is 6.57. The first-order valence-corrected chi connectivity index (χ1v) is 6.03. The van der Waals surface area contributed by atoms with Gasteiger partial charge in [-0.15, -0.1) is 0 Å². The van der Waals surface area contributed by atoms with Gasteiger partial charge in [0.1, 0.15) is 11.6 Å². The molecular weight excluding hydrogens is 272 g/mol. The fourth-order valence-electron chi connectivity index (χ4n) is 1.56. The van der Waals surface area contributed by atoms with Crippen LogP contribution in [-0.4, -0.2) is 0 Å². The molecule has 0 radical (unpaired) electrons. The molecule has 0 spiro atoms. The summed E-state index contributed by atoms with van der Waals surface area (Å²) in [6.45, 7) is 1.83. The summed E-state index contributed by atoms with van der Waals surface area (Å²) in [7, 11) is 0. The molecule has 0 heterocycles. The van der Waals surface area contributed by atoms with Gasteiger partial charge in [0.25, 0.3) is 0 Å². The Morgan fingerprint density at radius 1 is 1.11 bits per heavy atom. The van der Waals surface area contributed by atoms with Crippen LogP contribution >= 0.6 is 11.6 Å². The predicted octanol–water partition coefficient (Wildman–Crippen LogP) is 4.43. The molecule has 2 aromatic rings. The minimum absolute atomic E-state index is 0.0863. The molecule has 0 saturated carbocycles. The Morgan fingerprint density at radius 3 is 2.37 bits per heavy atom. The average Bonchev–Trinajstić information content (AvgIpc) is 2.34. The second-order valence-corrected chi connectivity index (χ2v) is 4.56. The van der Waals surface area contributed by atoms with Crippen LogP contribution in [-0.2, 0) is 0 Å². The fourth-order valence-corrected chi connectivity index (χ4v) is 1.79. The van der Waals surface area contributed by atoms with Gasteiger partial charge in [0, 0.05) is 12.1 Å². The third-order valence-electron chi connectivity index (χ3n) is 2.60. The minimum Gasteiger partial charge on any atom is -0.453 e. The van der Waals surface area contributed by atoms with Crippen molar-refractivity contribution in [2.24, 2.45) is 5.73 Å². The van der Waals surface area contributed by atoms with Crippen LogP contribution in [0.3, 0.4) is 0 Å². The molecule has 0 bridgehead atoms. The Kier molecular flexibility index (Phi) is 4.02. The molecule has 0 aromatic heterocycles. The van der Waals surface area contributed by atoms with Gasteiger partial charge in [0.15, 0.2) is 11.6 Å². The van der Waals surface area contributed by atoms with Crippen LogP contribution in [0.1, 0.15) is 18.5 Å². The van der Waals surface area contributed by atoms with Gasteiger partial charge in [-0.25, -0.2) is 8.78 Å². The lowest BCUT2D eigenvalue weighted by atomic mass is 10.1. The first-order chi connectivity index (χ1) is 8.97. The highest BCUT2D eigenvalue weighted by Crippen LogP contribution is 2.32. The minimum atomic E-state index is -0.785. The third kappa shape index (κ3) is 3.22. The van der Waals surface area contributed by atoms with Gasteiger partial charge in [-0.3, -0.25) is 0 Å². The van der Waals surface area contributed by atoms with Gasteiger partial charge >= 0.3 is 0 Å². The number of halogens is 3. The lowest BCUT2D eigenvalue weighted by molar-refractivity contribution is 0.437. The van der Waals surface area contributed by atoms with Crippen LogP contribution in [0.2, 0.25) is 5.02 Å². The Balaban J connectivity index is 2.28. The number of ether oxygens (including phenoxy) is 1. The predicted molar refractivity (Wildman–Crippen MR) is 70.5 cm³/mol. The van der Waals surface area contributed by atoms with E-state index in [0.29, 0.717) is 5.02 Å². The molecule has 19 heavy (non-hydrogen) atoms. The van der Waals surface area contributed by atoms with Crippen LogP contribution in [0.15, 0.2) is 36.4 Å². The number of benzene rings is 2. The van der Waals surface area contributed by atoms with Crippen LogP contribution in [0, 0.1) is 11.6 Å². The Hall–Kier alpha value is -1.65. The summed E-state index contributed by atoms with van der Waals surface area (Å²) in [6, 6.07) is 7.91. The SMILES string of the molecule is C[C@H](N)c1ccc(Oc2ccc(F)cc2F)c(Cl)c1. The molecule has 5 heteroatoms. The van der Waals surface area contributed by atoms with Crippen LogP contribution < -0.4 is 10.5 Å². The largest absolute Gasteiger partial charge is 0.453 e. The molecule has 0 unspecified atom stereocenters. The Morgan fingerprint density at radius 2 is 1.79 bits per heavy atom. The quantitative estimate of drug-likeness (QED) is 0.904. The molecule has 0 aliphatic carbocycles. The molecule has 2 nitrogen and oxygen atoms in total. The Bertz CT molecular complexity index is 602. The fraction of sp³-hybridized carbons (Fsp3) is 0.143. The molecule has 0 aliphatic rings. The van der Waals surface area contributed by atoms with Crippen molar-refractivity contribution in [1.29, 1.82) is 0 Å². The summed E-state index contributed by atoms with van der Waals surface area (Å²) in [5.74, 6) is -1.25. The first-order valence-electron chi connectivity index (χ1n) is 5.65. The highest BCUT2D eigenvalue weighted by Gasteiger charge is 2.10. The molecule has 1 atom stereocenters. The van der Waals surface area contributed by atoms with E-state index in [4.69, 9.17) is 22.1 Å². The summed E-state index contributed by atoms with van der Waals surface area (Å²) >= 11 is 6.03. The van der Waals surface area contributed by atoms with Crippen LogP contribution in [0.4, 0.5) is 8.78 Å². The van der Waals surface area contributed by atoms with E-state index in [9.17, 15) is 8.78 Å². The van der Waals surface area contributed by atoms with Crippen molar-refractivity contribution in [3.63, 3.8) is 0 Å². The van der Waals surface area contributed by atoms with E-state index in [0.717, 1.165) is 17.7 Å². The maximum Gasteiger partial charge on any atom is 0.168 e. The molecule has 100 valence electrons. The van der Waals surface area contributed by atoms with Crippen molar-refractivity contribution in [3.8, 4) is 11.5 Å². The summed E-state index contributed by atoms with van der Waals surface area (Å²) in [4.78, 5) is 0. The van der Waals surface area contributed by atoms with Crippen molar-refractivity contribution >= 4 is 11.6 Å². The average molecular weight is 284 g/mol. The molecule has 0 amide bonds. The highest BCUT2D eigenvalue weighted by molar-refractivity contribution is 6.32. The number of hydrogen-bond donors (Lipinski definition) is 1. The molecule has 2 N–H and O–H groups in total. The zero-order chi connectivity index (χ0) is 14.0. The smallest absolute Gasteiger partial charge is 0.168 e. The van der Waals surface area contributed by atoms with Crippen molar-refractivity contribution in [2.75, 3.05) is 0 Å². The molecule has 2 rings (SSSR count). The summed E-state index contributed by atoms with van der Waals surface area (Å²) < 4.78 is 31.5. The molecule has 0 fully saturated rings. The normalized spacial score (nSPS) is 12.3. The third-order valence-corrected chi connectivity index (χ3v) is 2.89. The first kappa shape index (κ1) is 13.8. The van der Waals surface area contributed by atoms with E-state index in [1.807, 2.05) is 6.92 Å². The van der Waals surface area contributed by atoms with Crippen molar-refractivity contribution < 1.29 is 13.5 Å². The summed E-state index contributed by atoms with van der Waals surface area (Å²) in [5, 5.41) is 0.318. The zero-order valence-corrected chi connectivity index (χ0v) is 10.9. The van der Waals surface area contributed by atoms with Crippen molar-refractivity contribution in [2.45, 2.75) is 13.0 Å². The zero-order valence-electron chi connectivity index (χ0n) is 10.2. The maximum atomic E-state index is 13.4. The van der Waals surface area contributed by atoms with E-state index >= 15 is 0 Å². The highest BCUT2D eigenvalue weighted by atomic mass is 35.5. The van der Waals surface area contributed by atoms with Gasteiger partial charge in [-0.2, -0.15) is 0 Å².